The summed E-state index contributed by atoms with van der Waals surface area (Å²) in [5.74, 6) is 0.854. The minimum Gasteiger partial charge on any atom is -0.396 e. The molecule has 3 aromatic rings. The smallest absolute Gasteiger partial charge is 0.260 e. The van der Waals surface area contributed by atoms with Crippen LogP contribution in [-0.2, 0) is 5.75 Å². The number of thioether (sulfide) groups is 1. The molecular formula is C15H12FN3OS. The van der Waals surface area contributed by atoms with E-state index in [4.69, 9.17) is 10.3 Å². The van der Waals surface area contributed by atoms with Crippen LogP contribution in [0.5, 0.6) is 0 Å². The van der Waals surface area contributed by atoms with Gasteiger partial charge in [0.15, 0.2) is 5.82 Å². The molecule has 106 valence electrons. The van der Waals surface area contributed by atoms with Crippen LogP contribution in [0.15, 0.2) is 57.9 Å². The zero-order chi connectivity index (χ0) is 14.7. The van der Waals surface area contributed by atoms with Gasteiger partial charge in [0.2, 0.25) is 0 Å². The Labute approximate surface area is 125 Å². The third kappa shape index (κ3) is 3.05. The first kappa shape index (κ1) is 13.6. The molecule has 0 bridgehead atoms. The Hall–Kier alpha value is -2.34. The molecule has 0 spiro atoms. The van der Waals surface area contributed by atoms with Crippen molar-refractivity contribution in [2.75, 3.05) is 5.73 Å². The summed E-state index contributed by atoms with van der Waals surface area (Å²) >= 11 is 1.60. The van der Waals surface area contributed by atoms with Crippen molar-refractivity contribution >= 4 is 17.4 Å². The second-order valence-corrected chi connectivity index (χ2v) is 5.37. The highest BCUT2D eigenvalue weighted by Gasteiger charge is 2.14. The zero-order valence-electron chi connectivity index (χ0n) is 11.0. The van der Waals surface area contributed by atoms with Crippen LogP contribution in [0.3, 0.4) is 0 Å². The second kappa shape index (κ2) is 5.97. The number of benzene rings is 2. The van der Waals surface area contributed by atoms with E-state index in [0.29, 0.717) is 17.1 Å². The quantitative estimate of drug-likeness (QED) is 0.587. The maximum Gasteiger partial charge on any atom is 0.260 e. The fourth-order valence-corrected chi connectivity index (χ4v) is 2.57. The van der Waals surface area contributed by atoms with E-state index in [1.54, 1.807) is 23.9 Å². The van der Waals surface area contributed by atoms with E-state index in [-0.39, 0.29) is 11.6 Å². The van der Waals surface area contributed by atoms with E-state index >= 15 is 0 Å². The molecule has 4 nitrogen and oxygen atoms in total. The SMILES string of the molecule is Nc1c(F)cccc1-c1nc(CSc2ccccc2)no1. The molecule has 0 fully saturated rings. The average molecular weight is 301 g/mol. The van der Waals surface area contributed by atoms with Gasteiger partial charge in [-0.2, -0.15) is 4.98 Å². The average Bonchev–Trinajstić information content (AvgIpc) is 2.98. The van der Waals surface area contributed by atoms with Crippen molar-refractivity contribution in [2.45, 2.75) is 10.6 Å². The lowest BCUT2D eigenvalue weighted by molar-refractivity contribution is 0.425. The summed E-state index contributed by atoms with van der Waals surface area (Å²) in [6.45, 7) is 0. The fourth-order valence-electron chi connectivity index (χ4n) is 1.81. The first-order chi connectivity index (χ1) is 10.2. The van der Waals surface area contributed by atoms with Crippen LogP contribution in [0.2, 0.25) is 0 Å². The number of anilines is 1. The van der Waals surface area contributed by atoms with Crippen LogP contribution in [0.25, 0.3) is 11.5 Å². The van der Waals surface area contributed by atoms with Gasteiger partial charge >= 0.3 is 0 Å². The first-order valence-electron chi connectivity index (χ1n) is 6.29. The molecule has 21 heavy (non-hydrogen) atoms. The van der Waals surface area contributed by atoms with Crippen LogP contribution >= 0.6 is 11.8 Å². The van der Waals surface area contributed by atoms with Crippen molar-refractivity contribution in [3.05, 3.63) is 60.2 Å². The number of rotatable bonds is 4. The summed E-state index contributed by atoms with van der Waals surface area (Å²) in [6, 6.07) is 14.4. The lowest BCUT2D eigenvalue weighted by atomic mass is 10.2. The third-order valence-corrected chi connectivity index (χ3v) is 3.87. The predicted octanol–water partition coefficient (Wildman–Crippen LogP) is 3.75. The molecule has 0 aliphatic rings. The maximum atomic E-state index is 13.4. The molecule has 0 aliphatic carbocycles. The summed E-state index contributed by atoms with van der Waals surface area (Å²) in [5.41, 5.74) is 6.11. The monoisotopic (exact) mass is 301 g/mol. The maximum absolute atomic E-state index is 13.4. The number of nitrogen functional groups attached to an aromatic ring is 1. The van der Waals surface area contributed by atoms with E-state index in [1.807, 2.05) is 30.3 Å². The Morgan fingerprint density at radius 3 is 2.71 bits per heavy atom. The molecule has 0 atom stereocenters. The van der Waals surface area contributed by atoms with Gasteiger partial charge in [0, 0.05) is 4.90 Å². The van der Waals surface area contributed by atoms with Crippen molar-refractivity contribution in [3.63, 3.8) is 0 Å². The molecule has 3 rings (SSSR count). The topological polar surface area (TPSA) is 64.9 Å². The minimum atomic E-state index is -0.495. The largest absolute Gasteiger partial charge is 0.396 e. The molecule has 2 aromatic carbocycles. The Morgan fingerprint density at radius 2 is 1.90 bits per heavy atom. The third-order valence-electron chi connectivity index (χ3n) is 2.86. The van der Waals surface area contributed by atoms with Gasteiger partial charge in [0.05, 0.1) is 17.0 Å². The van der Waals surface area contributed by atoms with Crippen LogP contribution in [0, 0.1) is 5.82 Å². The highest BCUT2D eigenvalue weighted by atomic mass is 32.2. The lowest BCUT2D eigenvalue weighted by Gasteiger charge is -2.00. The number of hydrogen-bond acceptors (Lipinski definition) is 5. The van der Waals surface area contributed by atoms with Crippen LogP contribution in [0.4, 0.5) is 10.1 Å². The highest BCUT2D eigenvalue weighted by Crippen LogP contribution is 2.27. The Kier molecular flexibility index (Phi) is 3.87. The minimum absolute atomic E-state index is 0.0170. The van der Waals surface area contributed by atoms with E-state index < -0.39 is 5.82 Å². The molecule has 0 radical (unpaired) electrons. The second-order valence-electron chi connectivity index (χ2n) is 4.32. The first-order valence-corrected chi connectivity index (χ1v) is 7.27. The van der Waals surface area contributed by atoms with E-state index in [2.05, 4.69) is 10.1 Å². The van der Waals surface area contributed by atoms with E-state index in [1.165, 1.54) is 6.07 Å². The molecule has 0 unspecified atom stereocenters. The molecular weight excluding hydrogens is 289 g/mol. The summed E-state index contributed by atoms with van der Waals surface area (Å²) in [7, 11) is 0. The van der Waals surface area contributed by atoms with Crippen molar-refractivity contribution in [1.82, 2.24) is 10.1 Å². The van der Waals surface area contributed by atoms with Gasteiger partial charge in [-0.25, -0.2) is 4.39 Å². The van der Waals surface area contributed by atoms with Gasteiger partial charge in [0.1, 0.15) is 5.82 Å². The molecule has 0 amide bonds. The Bertz CT molecular complexity index is 746. The van der Waals surface area contributed by atoms with E-state index in [9.17, 15) is 4.39 Å². The lowest BCUT2D eigenvalue weighted by Crippen LogP contribution is -1.94. The number of nitrogens with zero attached hydrogens (tertiary/aromatic N) is 2. The summed E-state index contributed by atoms with van der Waals surface area (Å²) in [5, 5.41) is 3.89. The molecule has 6 heteroatoms. The highest BCUT2D eigenvalue weighted by molar-refractivity contribution is 7.98. The zero-order valence-corrected chi connectivity index (χ0v) is 11.8. The predicted molar refractivity (Wildman–Crippen MR) is 80.1 cm³/mol. The van der Waals surface area contributed by atoms with Crippen LogP contribution in [0.1, 0.15) is 5.82 Å². The Morgan fingerprint density at radius 1 is 1.10 bits per heavy atom. The van der Waals surface area contributed by atoms with E-state index in [0.717, 1.165) is 4.90 Å². The summed E-state index contributed by atoms with van der Waals surface area (Å²) in [6.07, 6.45) is 0. The fraction of sp³-hybridized carbons (Fsp3) is 0.0667. The van der Waals surface area contributed by atoms with Gasteiger partial charge in [-0.05, 0) is 24.3 Å². The number of para-hydroxylation sites is 1. The molecule has 1 aromatic heterocycles. The van der Waals surface area contributed by atoms with Gasteiger partial charge in [-0.15, -0.1) is 11.8 Å². The van der Waals surface area contributed by atoms with Crippen molar-refractivity contribution in [2.24, 2.45) is 0 Å². The molecule has 1 heterocycles. The van der Waals surface area contributed by atoms with Gasteiger partial charge in [-0.1, -0.05) is 29.4 Å². The summed E-state index contributed by atoms with van der Waals surface area (Å²) in [4.78, 5) is 5.37. The normalized spacial score (nSPS) is 10.7. The van der Waals surface area contributed by atoms with Crippen molar-refractivity contribution in [1.29, 1.82) is 0 Å². The van der Waals surface area contributed by atoms with Crippen LogP contribution < -0.4 is 5.73 Å². The standard InChI is InChI=1S/C15H12FN3OS/c16-12-8-4-7-11(14(12)17)15-18-13(19-20-15)9-21-10-5-2-1-3-6-10/h1-8H,9,17H2. The van der Waals surface area contributed by atoms with Gasteiger partial charge in [-0.3, -0.25) is 0 Å². The van der Waals surface area contributed by atoms with Gasteiger partial charge < -0.3 is 10.3 Å². The molecule has 2 N–H and O–H groups in total. The van der Waals surface area contributed by atoms with Crippen LogP contribution in [-0.4, -0.2) is 10.1 Å². The molecule has 0 saturated carbocycles. The number of halogens is 1. The molecule has 0 saturated heterocycles. The van der Waals surface area contributed by atoms with Crippen molar-refractivity contribution < 1.29 is 8.91 Å². The van der Waals surface area contributed by atoms with Crippen molar-refractivity contribution in [3.8, 4) is 11.5 Å². The number of nitrogens with two attached hydrogens (primary N) is 1. The van der Waals surface area contributed by atoms with Gasteiger partial charge in [0.25, 0.3) is 5.89 Å². The number of aromatic nitrogens is 2. The summed E-state index contributed by atoms with van der Waals surface area (Å²) < 4.78 is 18.6. The Balaban J connectivity index is 1.76. The number of hydrogen-bond donors (Lipinski definition) is 1. The molecule has 0 aliphatic heterocycles.